The molecule has 0 radical (unpaired) electrons. The third kappa shape index (κ3) is 4.19. The van der Waals surface area contributed by atoms with Crippen molar-refractivity contribution in [3.63, 3.8) is 0 Å². The lowest BCUT2D eigenvalue weighted by Crippen LogP contribution is -2.48. The second kappa shape index (κ2) is 6.89. The summed E-state index contributed by atoms with van der Waals surface area (Å²) in [7, 11) is -3.35. The van der Waals surface area contributed by atoms with Gasteiger partial charge in [-0.2, -0.15) is 12.7 Å². The second-order valence-electron chi connectivity index (χ2n) is 5.23. The average Bonchev–Trinajstić information content (AvgIpc) is 2.41. The maximum Gasteiger partial charge on any atom is 0.279 e. The number of piperidine rings is 1. The number of rotatable bonds is 5. The molecular weight excluding hydrogens is 296 g/mol. The number of halogens is 1. The Bertz CT molecular complexity index is 531. The van der Waals surface area contributed by atoms with Crippen molar-refractivity contribution >= 4 is 21.8 Å². The molecule has 1 fully saturated rings. The molecule has 112 valence electrons. The van der Waals surface area contributed by atoms with Gasteiger partial charge in [0.1, 0.15) is 0 Å². The molecule has 1 atom stereocenters. The molecular formula is C14H21ClN2O2S. The molecule has 1 aliphatic rings. The quantitative estimate of drug-likeness (QED) is 0.907. The summed E-state index contributed by atoms with van der Waals surface area (Å²) in [5.74, 6) is 0. The number of nitrogens with one attached hydrogen (secondary N) is 1. The molecule has 1 unspecified atom stereocenters. The van der Waals surface area contributed by atoms with E-state index < -0.39 is 10.2 Å². The van der Waals surface area contributed by atoms with Crippen LogP contribution in [0.1, 0.15) is 31.7 Å². The minimum Gasteiger partial charge on any atom is -0.202 e. The van der Waals surface area contributed by atoms with Gasteiger partial charge in [0.15, 0.2) is 0 Å². The summed E-state index contributed by atoms with van der Waals surface area (Å²) >= 11 is 5.82. The van der Waals surface area contributed by atoms with Crippen molar-refractivity contribution in [2.45, 2.75) is 38.6 Å². The zero-order valence-electron chi connectivity index (χ0n) is 11.7. The topological polar surface area (TPSA) is 49.4 Å². The van der Waals surface area contributed by atoms with Gasteiger partial charge in [-0.1, -0.05) is 30.2 Å². The molecule has 0 saturated carbocycles. The molecule has 0 aromatic heterocycles. The molecule has 20 heavy (non-hydrogen) atoms. The predicted octanol–water partition coefficient (Wildman–Crippen LogP) is 2.59. The average molecular weight is 317 g/mol. The highest BCUT2D eigenvalue weighted by molar-refractivity contribution is 7.87. The van der Waals surface area contributed by atoms with Crippen LogP contribution < -0.4 is 4.72 Å². The Labute approximate surface area is 126 Å². The van der Waals surface area contributed by atoms with Crippen LogP contribution in [-0.4, -0.2) is 31.9 Å². The molecule has 4 nitrogen and oxygen atoms in total. The lowest BCUT2D eigenvalue weighted by Gasteiger charge is -2.32. The molecule has 0 bridgehead atoms. The normalized spacial score (nSPS) is 21.0. The van der Waals surface area contributed by atoms with Gasteiger partial charge < -0.3 is 0 Å². The smallest absolute Gasteiger partial charge is 0.202 e. The van der Waals surface area contributed by atoms with E-state index in [0.717, 1.165) is 24.8 Å². The van der Waals surface area contributed by atoms with Crippen molar-refractivity contribution in [1.29, 1.82) is 0 Å². The zero-order valence-corrected chi connectivity index (χ0v) is 13.3. The third-order valence-electron chi connectivity index (χ3n) is 3.66. The molecule has 1 aromatic carbocycles. The maximum atomic E-state index is 12.2. The van der Waals surface area contributed by atoms with Crippen molar-refractivity contribution in [2.24, 2.45) is 0 Å². The first-order chi connectivity index (χ1) is 9.49. The Hall–Kier alpha value is -0.620. The van der Waals surface area contributed by atoms with E-state index in [-0.39, 0.29) is 6.04 Å². The van der Waals surface area contributed by atoms with Crippen molar-refractivity contribution < 1.29 is 8.42 Å². The van der Waals surface area contributed by atoms with E-state index in [1.807, 2.05) is 31.2 Å². The SMILES string of the molecule is CC1CCCCN1S(=O)(=O)NCCc1ccc(Cl)cc1. The molecule has 0 aliphatic carbocycles. The van der Waals surface area contributed by atoms with E-state index in [9.17, 15) is 8.42 Å². The molecule has 6 heteroatoms. The Kier molecular flexibility index (Phi) is 5.43. The molecule has 0 spiro atoms. The van der Waals surface area contributed by atoms with Crippen LogP contribution in [-0.2, 0) is 16.6 Å². The van der Waals surface area contributed by atoms with Gasteiger partial charge in [-0.25, -0.2) is 4.72 Å². The third-order valence-corrected chi connectivity index (χ3v) is 5.64. The molecule has 1 aromatic rings. The van der Waals surface area contributed by atoms with Crippen LogP contribution >= 0.6 is 11.6 Å². The number of benzene rings is 1. The van der Waals surface area contributed by atoms with E-state index in [1.54, 1.807) is 4.31 Å². The summed E-state index contributed by atoms with van der Waals surface area (Å²) in [6.45, 7) is 3.00. The highest BCUT2D eigenvalue weighted by atomic mass is 35.5. The van der Waals surface area contributed by atoms with E-state index in [4.69, 9.17) is 11.6 Å². The summed E-state index contributed by atoms with van der Waals surface area (Å²) in [4.78, 5) is 0. The van der Waals surface area contributed by atoms with Gasteiger partial charge in [-0.15, -0.1) is 0 Å². The minimum absolute atomic E-state index is 0.0942. The van der Waals surface area contributed by atoms with Crippen LogP contribution in [0.15, 0.2) is 24.3 Å². The van der Waals surface area contributed by atoms with Gasteiger partial charge in [-0.3, -0.25) is 0 Å². The molecule has 1 N–H and O–H groups in total. The fourth-order valence-corrected chi connectivity index (χ4v) is 4.09. The number of nitrogens with zero attached hydrogens (tertiary/aromatic N) is 1. The minimum atomic E-state index is -3.35. The summed E-state index contributed by atoms with van der Waals surface area (Å²) in [6.07, 6.45) is 3.66. The van der Waals surface area contributed by atoms with Crippen molar-refractivity contribution in [3.8, 4) is 0 Å². The van der Waals surface area contributed by atoms with Gasteiger partial charge in [0, 0.05) is 24.2 Å². The first-order valence-corrected chi connectivity index (χ1v) is 8.82. The highest BCUT2D eigenvalue weighted by Crippen LogP contribution is 2.19. The highest BCUT2D eigenvalue weighted by Gasteiger charge is 2.28. The molecule has 1 saturated heterocycles. The Morgan fingerprint density at radius 2 is 2.00 bits per heavy atom. The molecule has 2 rings (SSSR count). The predicted molar refractivity (Wildman–Crippen MR) is 82.1 cm³/mol. The fraction of sp³-hybridized carbons (Fsp3) is 0.571. The largest absolute Gasteiger partial charge is 0.279 e. The molecule has 0 amide bonds. The van der Waals surface area contributed by atoms with E-state index in [2.05, 4.69) is 4.72 Å². The lowest BCUT2D eigenvalue weighted by molar-refractivity contribution is 0.265. The van der Waals surface area contributed by atoms with Crippen LogP contribution in [0.4, 0.5) is 0 Å². The Morgan fingerprint density at radius 1 is 1.30 bits per heavy atom. The first kappa shape index (κ1) is 15.8. The summed E-state index contributed by atoms with van der Waals surface area (Å²) in [5, 5.41) is 0.691. The van der Waals surface area contributed by atoms with Crippen molar-refractivity contribution in [2.75, 3.05) is 13.1 Å². The van der Waals surface area contributed by atoms with Gasteiger partial charge in [-0.05, 0) is 43.9 Å². The van der Waals surface area contributed by atoms with Gasteiger partial charge in [0.25, 0.3) is 10.2 Å². The molecule has 1 aliphatic heterocycles. The van der Waals surface area contributed by atoms with Crippen molar-refractivity contribution in [3.05, 3.63) is 34.9 Å². The molecule has 1 heterocycles. The second-order valence-corrected chi connectivity index (χ2v) is 7.38. The first-order valence-electron chi connectivity index (χ1n) is 7.00. The van der Waals surface area contributed by atoms with Gasteiger partial charge >= 0.3 is 0 Å². The van der Waals surface area contributed by atoms with Crippen LogP contribution in [0, 0.1) is 0 Å². The zero-order chi connectivity index (χ0) is 14.6. The van der Waals surface area contributed by atoms with Crippen LogP contribution in [0.3, 0.4) is 0 Å². The summed E-state index contributed by atoms with van der Waals surface area (Å²) in [6, 6.07) is 7.56. The van der Waals surface area contributed by atoms with Gasteiger partial charge in [0.05, 0.1) is 0 Å². The van der Waals surface area contributed by atoms with Crippen LogP contribution in [0.5, 0.6) is 0 Å². The fourth-order valence-electron chi connectivity index (χ4n) is 2.49. The van der Waals surface area contributed by atoms with Crippen molar-refractivity contribution in [1.82, 2.24) is 9.03 Å². The summed E-state index contributed by atoms with van der Waals surface area (Å²) < 4.78 is 28.7. The monoisotopic (exact) mass is 316 g/mol. The lowest BCUT2D eigenvalue weighted by atomic mass is 10.1. The van der Waals surface area contributed by atoms with E-state index in [0.29, 0.717) is 24.5 Å². The van der Waals surface area contributed by atoms with Crippen LogP contribution in [0.25, 0.3) is 0 Å². The standard InChI is InChI=1S/C14H21ClN2O2S/c1-12-4-2-3-11-17(12)20(18,19)16-10-9-13-5-7-14(15)8-6-13/h5-8,12,16H,2-4,9-11H2,1H3. The van der Waals surface area contributed by atoms with Crippen LogP contribution in [0.2, 0.25) is 5.02 Å². The Balaban J connectivity index is 1.87. The number of hydrogen-bond donors (Lipinski definition) is 1. The summed E-state index contributed by atoms with van der Waals surface area (Å²) in [5.41, 5.74) is 1.07. The van der Waals surface area contributed by atoms with Gasteiger partial charge in [0.2, 0.25) is 0 Å². The Morgan fingerprint density at radius 3 is 2.65 bits per heavy atom. The van der Waals surface area contributed by atoms with E-state index >= 15 is 0 Å². The van der Waals surface area contributed by atoms with E-state index in [1.165, 1.54) is 0 Å². The maximum absolute atomic E-state index is 12.2. The number of hydrogen-bond acceptors (Lipinski definition) is 2.